The van der Waals surface area contributed by atoms with E-state index < -0.39 is 0 Å². The Morgan fingerprint density at radius 3 is 1.89 bits per heavy atom. The lowest BCUT2D eigenvalue weighted by Crippen LogP contribution is -3.11. The monoisotopic (exact) mass is 372 g/mol. The summed E-state index contributed by atoms with van der Waals surface area (Å²) in [5.74, 6) is 2.14. The molecular weight excluding hydrogens is 342 g/mol. The Morgan fingerprint density at radius 2 is 1.36 bits per heavy atom. The van der Waals surface area contributed by atoms with E-state index in [9.17, 15) is 0 Å². The average Bonchev–Trinajstić information content (AvgIpc) is 3.16. The van der Waals surface area contributed by atoms with Gasteiger partial charge in [-0.3, -0.25) is 0 Å². The van der Waals surface area contributed by atoms with Crippen molar-refractivity contribution >= 4 is 0 Å². The molecule has 0 spiro atoms. The van der Waals surface area contributed by atoms with Crippen LogP contribution in [0.2, 0.25) is 0 Å². The van der Waals surface area contributed by atoms with Crippen LogP contribution in [0.5, 0.6) is 0 Å². The molecule has 0 aliphatic heterocycles. The molecular formula is C26H30NO+. The second kappa shape index (κ2) is 7.60. The van der Waals surface area contributed by atoms with Crippen LogP contribution >= 0.6 is 0 Å². The molecule has 0 saturated carbocycles. The van der Waals surface area contributed by atoms with Gasteiger partial charge in [-0.15, -0.1) is 0 Å². The summed E-state index contributed by atoms with van der Waals surface area (Å²) in [6, 6.07) is 23.7. The molecule has 2 atom stereocenters. The molecule has 2 aromatic carbocycles. The Balaban J connectivity index is 1.57. The summed E-state index contributed by atoms with van der Waals surface area (Å²) < 4.78 is 6.05. The molecule has 2 nitrogen and oxygen atoms in total. The molecule has 1 N–H and O–H groups in total. The largest absolute Gasteiger partial charge is 0.460 e. The predicted octanol–water partition coefficient (Wildman–Crippen LogP) is 5.13. The van der Waals surface area contributed by atoms with Crippen LogP contribution in [0, 0.1) is 6.92 Å². The van der Waals surface area contributed by atoms with E-state index in [0.717, 1.165) is 18.1 Å². The third kappa shape index (κ3) is 3.31. The van der Waals surface area contributed by atoms with Gasteiger partial charge in [0.15, 0.2) is 5.76 Å². The molecule has 0 amide bonds. The molecule has 0 bridgehead atoms. The Bertz CT molecular complexity index is 899. The van der Waals surface area contributed by atoms with Gasteiger partial charge in [0.25, 0.3) is 0 Å². The van der Waals surface area contributed by atoms with Gasteiger partial charge in [0.2, 0.25) is 0 Å². The van der Waals surface area contributed by atoms with Crippen molar-refractivity contribution in [2.75, 3.05) is 0 Å². The number of fused-ring (bicyclic) bond motifs is 2. The first-order valence-corrected chi connectivity index (χ1v) is 10.9. The molecule has 144 valence electrons. The number of rotatable bonds is 4. The van der Waals surface area contributed by atoms with Crippen molar-refractivity contribution in [2.24, 2.45) is 0 Å². The Hall–Kier alpha value is -2.32. The van der Waals surface area contributed by atoms with Gasteiger partial charge >= 0.3 is 0 Å². The fourth-order valence-electron chi connectivity index (χ4n) is 5.55. The van der Waals surface area contributed by atoms with E-state index in [1.807, 2.05) is 0 Å². The highest BCUT2D eigenvalue weighted by atomic mass is 16.3. The normalized spacial score (nSPS) is 21.4. The van der Waals surface area contributed by atoms with Gasteiger partial charge in [0.1, 0.15) is 24.4 Å². The van der Waals surface area contributed by atoms with Crippen LogP contribution in [-0.4, -0.2) is 0 Å². The first-order valence-electron chi connectivity index (χ1n) is 10.9. The van der Waals surface area contributed by atoms with Gasteiger partial charge in [-0.2, -0.15) is 0 Å². The summed E-state index contributed by atoms with van der Waals surface area (Å²) in [5.41, 5.74) is 6.23. The summed E-state index contributed by atoms with van der Waals surface area (Å²) in [6.07, 6.45) is 7.56. The Morgan fingerprint density at radius 1 is 0.786 bits per heavy atom. The molecule has 3 aromatic rings. The molecule has 0 unspecified atom stereocenters. The van der Waals surface area contributed by atoms with Gasteiger partial charge < -0.3 is 9.32 Å². The zero-order valence-electron chi connectivity index (χ0n) is 16.8. The summed E-state index contributed by atoms with van der Waals surface area (Å²) >= 11 is 0. The second-order valence-electron chi connectivity index (χ2n) is 8.55. The molecule has 0 saturated heterocycles. The lowest BCUT2D eigenvalue weighted by Gasteiger charge is -2.40. The maximum Gasteiger partial charge on any atom is 0.158 e. The van der Waals surface area contributed by atoms with Crippen molar-refractivity contribution in [2.45, 2.75) is 64.1 Å². The maximum atomic E-state index is 6.05. The summed E-state index contributed by atoms with van der Waals surface area (Å²) in [4.78, 5) is 1.67. The number of aryl methyl sites for hydroxylation is 3. The minimum absolute atomic E-state index is 0.548. The highest BCUT2D eigenvalue weighted by Gasteiger charge is 2.37. The van der Waals surface area contributed by atoms with Gasteiger partial charge in [0, 0.05) is 24.0 Å². The van der Waals surface area contributed by atoms with Crippen LogP contribution in [0.25, 0.3) is 0 Å². The molecule has 28 heavy (non-hydrogen) atoms. The lowest BCUT2D eigenvalue weighted by atomic mass is 9.82. The Labute approximate surface area is 168 Å². The van der Waals surface area contributed by atoms with E-state index in [4.69, 9.17) is 4.42 Å². The van der Waals surface area contributed by atoms with Gasteiger partial charge in [-0.05, 0) is 55.9 Å². The van der Waals surface area contributed by atoms with E-state index in [2.05, 4.69) is 67.6 Å². The zero-order valence-corrected chi connectivity index (χ0v) is 16.8. The number of furan rings is 1. The molecule has 2 heteroatoms. The third-order valence-corrected chi connectivity index (χ3v) is 6.81. The highest BCUT2D eigenvalue weighted by molar-refractivity contribution is 5.33. The smallest absolute Gasteiger partial charge is 0.158 e. The SMILES string of the molecule is Cc1ccc(C[NH+]([C@H]2CCCc3ccccc32)[C@H]2CCCc3ccccc32)o1. The molecule has 0 fully saturated rings. The maximum absolute atomic E-state index is 6.05. The number of hydrogen-bond donors (Lipinski definition) is 1. The summed E-state index contributed by atoms with van der Waals surface area (Å²) in [7, 11) is 0. The van der Waals surface area contributed by atoms with Crippen molar-refractivity contribution in [3.63, 3.8) is 0 Å². The van der Waals surface area contributed by atoms with Crippen LogP contribution in [-0.2, 0) is 19.4 Å². The molecule has 5 rings (SSSR count). The Kier molecular flexibility index (Phi) is 4.82. The fourth-order valence-corrected chi connectivity index (χ4v) is 5.55. The van der Waals surface area contributed by atoms with Gasteiger partial charge in [-0.1, -0.05) is 48.5 Å². The van der Waals surface area contributed by atoms with Crippen LogP contribution in [0.15, 0.2) is 65.1 Å². The standard InChI is InChI=1S/C26H29NO/c1-19-16-17-22(28-19)18-27(25-14-6-10-20-8-2-4-12-23(20)25)26-15-7-11-21-9-3-5-13-24(21)26/h2-5,8-9,12-13,16-17,25-26H,6-7,10-11,14-15,18H2,1H3/p+1/t25-,26-/m0/s1. The van der Waals surface area contributed by atoms with E-state index in [-0.39, 0.29) is 0 Å². The number of hydrogen-bond acceptors (Lipinski definition) is 1. The van der Waals surface area contributed by atoms with Crippen molar-refractivity contribution in [1.29, 1.82) is 0 Å². The summed E-state index contributed by atoms with van der Waals surface area (Å²) in [5, 5.41) is 0. The average molecular weight is 373 g/mol. The molecule has 1 aromatic heterocycles. The van der Waals surface area contributed by atoms with Crippen LogP contribution in [0.1, 0.15) is 71.5 Å². The zero-order chi connectivity index (χ0) is 18.9. The van der Waals surface area contributed by atoms with Crippen molar-refractivity contribution < 1.29 is 9.32 Å². The third-order valence-electron chi connectivity index (χ3n) is 6.81. The van der Waals surface area contributed by atoms with E-state index in [0.29, 0.717) is 12.1 Å². The number of quaternary nitrogens is 1. The van der Waals surface area contributed by atoms with Crippen LogP contribution < -0.4 is 4.90 Å². The lowest BCUT2D eigenvalue weighted by molar-refractivity contribution is -0.977. The van der Waals surface area contributed by atoms with E-state index in [1.54, 1.807) is 27.2 Å². The first-order chi connectivity index (χ1) is 13.8. The van der Waals surface area contributed by atoms with Crippen molar-refractivity contribution in [1.82, 2.24) is 0 Å². The molecule has 0 radical (unpaired) electrons. The van der Waals surface area contributed by atoms with Crippen molar-refractivity contribution in [3.05, 3.63) is 94.4 Å². The number of nitrogens with one attached hydrogen (secondary N) is 1. The first kappa shape index (κ1) is 17.8. The second-order valence-corrected chi connectivity index (χ2v) is 8.55. The predicted molar refractivity (Wildman–Crippen MR) is 112 cm³/mol. The fraction of sp³-hybridized carbons (Fsp3) is 0.385. The topological polar surface area (TPSA) is 17.6 Å². The summed E-state index contributed by atoms with van der Waals surface area (Å²) in [6.45, 7) is 3.01. The molecule has 2 aliphatic rings. The highest BCUT2D eigenvalue weighted by Crippen LogP contribution is 2.33. The van der Waals surface area contributed by atoms with Crippen molar-refractivity contribution in [3.8, 4) is 0 Å². The minimum atomic E-state index is 0.548. The van der Waals surface area contributed by atoms with E-state index >= 15 is 0 Å². The van der Waals surface area contributed by atoms with E-state index in [1.165, 1.54) is 38.5 Å². The number of benzene rings is 2. The molecule has 1 heterocycles. The van der Waals surface area contributed by atoms with Gasteiger partial charge in [-0.25, -0.2) is 0 Å². The van der Waals surface area contributed by atoms with Crippen LogP contribution in [0.4, 0.5) is 0 Å². The molecule has 2 aliphatic carbocycles. The van der Waals surface area contributed by atoms with Crippen LogP contribution in [0.3, 0.4) is 0 Å². The minimum Gasteiger partial charge on any atom is -0.460 e. The quantitative estimate of drug-likeness (QED) is 0.672. The van der Waals surface area contributed by atoms with Gasteiger partial charge in [0.05, 0.1) is 0 Å².